The van der Waals surface area contributed by atoms with Crippen LogP contribution in [0.15, 0.2) is 42.5 Å². The lowest BCUT2D eigenvalue weighted by atomic mass is 10.1. The van der Waals surface area contributed by atoms with Crippen molar-refractivity contribution in [2.45, 2.75) is 26.4 Å². The number of carbonyl (C=O) groups is 1. The molecule has 3 aromatic rings. The monoisotopic (exact) mass is 357 g/mol. The fraction of sp³-hybridized carbons (Fsp3) is 0.222. The molecule has 6 nitrogen and oxygen atoms in total. The highest BCUT2D eigenvalue weighted by Crippen LogP contribution is 2.17. The van der Waals surface area contributed by atoms with Gasteiger partial charge >= 0.3 is 0 Å². The summed E-state index contributed by atoms with van der Waals surface area (Å²) in [5.41, 5.74) is 1.75. The van der Waals surface area contributed by atoms with Crippen molar-refractivity contribution in [1.82, 2.24) is 25.5 Å². The number of rotatable bonds is 5. The highest BCUT2D eigenvalue weighted by molar-refractivity contribution is 5.94. The molecule has 0 aliphatic rings. The summed E-state index contributed by atoms with van der Waals surface area (Å²) in [7, 11) is 0. The normalized spacial score (nSPS) is 12.0. The number of benzene rings is 2. The Morgan fingerprint density at radius 3 is 2.38 bits per heavy atom. The van der Waals surface area contributed by atoms with Gasteiger partial charge in [0.2, 0.25) is 0 Å². The van der Waals surface area contributed by atoms with Gasteiger partial charge in [-0.25, -0.2) is 13.5 Å². The van der Waals surface area contributed by atoms with E-state index in [0.717, 1.165) is 11.6 Å². The van der Waals surface area contributed by atoms with Crippen LogP contribution >= 0.6 is 0 Å². The molecule has 0 fully saturated rings. The van der Waals surface area contributed by atoms with Crippen molar-refractivity contribution in [3.8, 4) is 0 Å². The average Bonchev–Trinajstić information content (AvgIpc) is 2.99. The van der Waals surface area contributed by atoms with Crippen LogP contribution in [0.4, 0.5) is 8.78 Å². The van der Waals surface area contributed by atoms with Gasteiger partial charge in [0.25, 0.3) is 5.91 Å². The quantitative estimate of drug-likeness (QED) is 0.762. The predicted molar refractivity (Wildman–Crippen MR) is 90.3 cm³/mol. The fourth-order valence-corrected chi connectivity index (χ4v) is 2.52. The van der Waals surface area contributed by atoms with Crippen LogP contribution in [0.5, 0.6) is 0 Å². The van der Waals surface area contributed by atoms with Crippen LogP contribution in [0, 0.1) is 18.6 Å². The number of aromatic nitrogens is 4. The van der Waals surface area contributed by atoms with Gasteiger partial charge < -0.3 is 5.32 Å². The Bertz CT molecular complexity index is 903. The summed E-state index contributed by atoms with van der Waals surface area (Å²) in [6, 6.07) is 9.65. The molecule has 0 spiro atoms. The number of carbonyl (C=O) groups excluding carboxylic acids is 1. The zero-order chi connectivity index (χ0) is 18.7. The largest absolute Gasteiger partial charge is 0.346 e. The Balaban J connectivity index is 1.67. The highest BCUT2D eigenvalue weighted by atomic mass is 19.1. The van der Waals surface area contributed by atoms with Gasteiger partial charge in [-0.15, -0.1) is 5.10 Å². The minimum Gasteiger partial charge on any atom is -0.346 e. The first-order chi connectivity index (χ1) is 12.4. The molecule has 26 heavy (non-hydrogen) atoms. The number of halogens is 2. The van der Waals surface area contributed by atoms with Gasteiger partial charge in [-0.2, -0.15) is 0 Å². The van der Waals surface area contributed by atoms with Gasteiger partial charge in [0.05, 0.1) is 12.6 Å². The lowest BCUT2D eigenvalue weighted by Crippen LogP contribution is -2.26. The Labute approximate surface area is 148 Å². The van der Waals surface area contributed by atoms with Crippen LogP contribution in [0.1, 0.15) is 40.3 Å². The molecule has 8 heteroatoms. The number of nitrogens with one attached hydrogen (secondary N) is 1. The molecule has 0 aliphatic heterocycles. The van der Waals surface area contributed by atoms with E-state index in [1.165, 1.54) is 12.1 Å². The summed E-state index contributed by atoms with van der Waals surface area (Å²) in [6.07, 6.45) is 0. The van der Waals surface area contributed by atoms with Crippen LogP contribution in [0.3, 0.4) is 0 Å². The molecule has 1 heterocycles. The summed E-state index contributed by atoms with van der Waals surface area (Å²) < 4.78 is 28.3. The van der Waals surface area contributed by atoms with E-state index in [4.69, 9.17) is 0 Å². The van der Waals surface area contributed by atoms with Gasteiger partial charge in [0.1, 0.15) is 17.5 Å². The highest BCUT2D eigenvalue weighted by Gasteiger charge is 2.13. The fourth-order valence-electron chi connectivity index (χ4n) is 2.52. The Hall–Kier alpha value is -3.16. The zero-order valence-electron chi connectivity index (χ0n) is 14.3. The molecule has 1 atom stereocenters. The van der Waals surface area contributed by atoms with Crippen LogP contribution in [-0.2, 0) is 6.54 Å². The predicted octanol–water partition coefficient (Wildman–Crippen LogP) is 2.80. The first kappa shape index (κ1) is 17.7. The SMILES string of the molecule is Cc1nnnn1Cc1ccc(C(=O)NC(C)c2cc(F)cc(F)c2)cc1. The number of tetrazole rings is 1. The number of nitrogens with zero attached hydrogens (tertiary/aromatic N) is 4. The molecule has 2 aromatic carbocycles. The molecular weight excluding hydrogens is 340 g/mol. The van der Waals surface area contributed by atoms with Crippen molar-refractivity contribution >= 4 is 5.91 Å². The molecular formula is C18H17F2N5O. The van der Waals surface area contributed by atoms with E-state index in [1.807, 2.05) is 12.1 Å². The molecule has 1 aromatic heterocycles. The minimum absolute atomic E-state index is 0.327. The van der Waals surface area contributed by atoms with Crippen molar-refractivity contribution in [2.24, 2.45) is 0 Å². The molecule has 1 unspecified atom stereocenters. The van der Waals surface area contributed by atoms with Gasteiger partial charge in [-0.1, -0.05) is 12.1 Å². The van der Waals surface area contributed by atoms with E-state index in [0.29, 0.717) is 23.5 Å². The lowest BCUT2D eigenvalue weighted by Gasteiger charge is -2.15. The number of amides is 1. The van der Waals surface area contributed by atoms with E-state index in [2.05, 4.69) is 20.8 Å². The summed E-state index contributed by atoms with van der Waals surface area (Å²) in [4.78, 5) is 12.3. The van der Waals surface area contributed by atoms with Crippen molar-refractivity contribution < 1.29 is 13.6 Å². The Morgan fingerprint density at radius 1 is 1.15 bits per heavy atom. The van der Waals surface area contributed by atoms with Gasteiger partial charge in [0, 0.05) is 11.6 Å². The summed E-state index contributed by atoms with van der Waals surface area (Å²) >= 11 is 0. The second-order valence-electron chi connectivity index (χ2n) is 5.98. The Morgan fingerprint density at radius 2 is 1.81 bits per heavy atom. The smallest absolute Gasteiger partial charge is 0.251 e. The third kappa shape index (κ3) is 4.08. The maximum absolute atomic E-state index is 13.3. The van der Waals surface area contributed by atoms with E-state index >= 15 is 0 Å². The average molecular weight is 357 g/mol. The van der Waals surface area contributed by atoms with Gasteiger partial charge in [0.15, 0.2) is 0 Å². The van der Waals surface area contributed by atoms with E-state index < -0.39 is 17.7 Å². The molecule has 0 saturated carbocycles. The third-order valence-electron chi connectivity index (χ3n) is 3.99. The standard InChI is InChI=1S/C18H17F2N5O/c1-11(15-7-16(19)9-17(20)8-15)21-18(26)14-5-3-13(4-6-14)10-25-12(2)22-23-24-25/h3-9,11H,10H2,1-2H3,(H,21,26). The van der Waals surface area contributed by atoms with Crippen molar-refractivity contribution in [1.29, 1.82) is 0 Å². The number of aryl methyl sites for hydroxylation is 1. The molecule has 0 saturated heterocycles. The molecule has 1 N–H and O–H groups in total. The van der Waals surface area contributed by atoms with Gasteiger partial charge in [-0.05, 0) is 59.7 Å². The topological polar surface area (TPSA) is 72.7 Å². The maximum Gasteiger partial charge on any atom is 0.251 e. The number of hydrogen-bond acceptors (Lipinski definition) is 4. The molecule has 1 amide bonds. The van der Waals surface area contributed by atoms with Crippen molar-refractivity contribution in [3.05, 3.63) is 76.6 Å². The van der Waals surface area contributed by atoms with E-state index in [9.17, 15) is 13.6 Å². The van der Waals surface area contributed by atoms with E-state index in [1.54, 1.807) is 30.7 Å². The molecule has 134 valence electrons. The summed E-state index contributed by atoms with van der Waals surface area (Å²) in [5, 5.41) is 14.0. The third-order valence-corrected chi connectivity index (χ3v) is 3.99. The van der Waals surface area contributed by atoms with Crippen molar-refractivity contribution in [2.75, 3.05) is 0 Å². The molecule has 3 rings (SSSR count). The summed E-state index contributed by atoms with van der Waals surface area (Å²) in [6.45, 7) is 3.97. The Kier molecular flexibility index (Phi) is 5.01. The van der Waals surface area contributed by atoms with Gasteiger partial charge in [-0.3, -0.25) is 4.79 Å². The second kappa shape index (κ2) is 7.38. The van der Waals surface area contributed by atoms with Crippen LogP contribution in [-0.4, -0.2) is 26.1 Å². The molecule has 0 radical (unpaired) electrons. The zero-order valence-corrected chi connectivity index (χ0v) is 14.3. The van der Waals surface area contributed by atoms with Crippen molar-refractivity contribution in [3.63, 3.8) is 0 Å². The maximum atomic E-state index is 13.3. The first-order valence-electron chi connectivity index (χ1n) is 8.01. The minimum atomic E-state index is -0.677. The second-order valence-corrected chi connectivity index (χ2v) is 5.98. The first-order valence-corrected chi connectivity index (χ1v) is 8.01. The molecule has 0 aliphatic carbocycles. The number of hydrogen-bond donors (Lipinski definition) is 1. The molecule has 0 bridgehead atoms. The van der Waals surface area contributed by atoms with Crippen LogP contribution in [0.2, 0.25) is 0 Å². The lowest BCUT2D eigenvalue weighted by molar-refractivity contribution is 0.0939. The summed E-state index contributed by atoms with van der Waals surface area (Å²) in [5.74, 6) is -0.984. The van der Waals surface area contributed by atoms with E-state index in [-0.39, 0.29) is 5.91 Å². The van der Waals surface area contributed by atoms with Crippen LogP contribution in [0.25, 0.3) is 0 Å². The van der Waals surface area contributed by atoms with Crippen LogP contribution < -0.4 is 5.32 Å².